The number of aromatic nitrogens is 6. The van der Waals surface area contributed by atoms with Crippen LogP contribution in [0.15, 0.2) is 59.1 Å². The molecule has 11 heteroatoms. The molecule has 1 aromatic carbocycles. The van der Waals surface area contributed by atoms with Gasteiger partial charge in [-0.3, -0.25) is 14.2 Å². The van der Waals surface area contributed by atoms with Gasteiger partial charge in [0.15, 0.2) is 10.8 Å². The fourth-order valence-electron chi connectivity index (χ4n) is 3.75. The minimum atomic E-state index is -0.350. The van der Waals surface area contributed by atoms with E-state index < -0.39 is 0 Å². The van der Waals surface area contributed by atoms with Crippen molar-refractivity contribution in [3.63, 3.8) is 0 Å². The van der Waals surface area contributed by atoms with Crippen LogP contribution in [0.2, 0.25) is 0 Å². The third kappa shape index (κ3) is 3.91. The molecule has 32 heavy (non-hydrogen) atoms. The Hall–Kier alpha value is -3.47. The predicted octanol–water partition coefficient (Wildman–Crippen LogP) is 2.16. The van der Waals surface area contributed by atoms with Crippen molar-refractivity contribution < 1.29 is 9.18 Å². The van der Waals surface area contributed by atoms with Crippen LogP contribution < -0.4 is 10.9 Å². The van der Waals surface area contributed by atoms with E-state index in [2.05, 4.69) is 20.4 Å². The quantitative estimate of drug-likeness (QED) is 0.340. The first-order valence-corrected chi connectivity index (χ1v) is 11.2. The van der Waals surface area contributed by atoms with Crippen molar-refractivity contribution in [2.24, 2.45) is 0 Å². The maximum Gasteiger partial charge on any atom is 0.265 e. The Balaban J connectivity index is 1.30. The number of hydrogen-bond donors (Lipinski definition) is 1. The summed E-state index contributed by atoms with van der Waals surface area (Å²) in [5, 5.41) is 8.13. The summed E-state index contributed by atoms with van der Waals surface area (Å²) in [5.41, 5.74) is 0.819. The molecule has 1 aliphatic rings. The molecule has 164 valence electrons. The summed E-state index contributed by atoms with van der Waals surface area (Å²) in [5.74, 6) is 0.155. The van der Waals surface area contributed by atoms with Gasteiger partial charge in [-0.05, 0) is 30.7 Å². The van der Waals surface area contributed by atoms with Crippen LogP contribution in [0.25, 0.3) is 16.7 Å². The number of nitrogens with one attached hydrogen (secondary N) is 1. The number of thioether (sulfide) groups is 1. The van der Waals surface area contributed by atoms with Gasteiger partial charge in [-0.25, -0.2) is 19.0 Å². The summed E-state index contributed by atoms with van der Waals surface area (Å²) in [6.07, 6.45) is 7.82. The molecule has 0 saturated heterocycles. The summed E-state index contributed by atoms with van der Waals surface area (Å²) >= 11 is 1.44. The number of amides is 1. The Morgan fingerprint density at radius 3 is 2.91 bits per heavy atom. The molecule has 9 nitrogen and oxygen atoms in total. The molecular formula is C21H20FN7O2S. The lowest BCUT2D eigenvalue weighted by Crippen LogP contribution is -2.31. The van der Waals surface area contributed by atoms with Gasteiger partial charge in [-0.15, -0.1) is 0 Å². The molecule has 3 aromatic heterocycles. The number of nitrogens with zero attached hydrogens (tertiary/aromatic N) is 6. The van der Waals surface area contributed by atoms with Gasteiger partial charge in [-0.2, -0.15) is 5.10 Å². The maximum absolute atomic E-state index is 13.3. The van der Waals surface area contributed by atoms with Gasteiger partial charge in [0, 0.05) is 37.7 Å². The molecule has 0 fully saturated rings. The molecule has 1 amide bonds. The zero-order valence-corrected chi connectivity index (χ0v) is 17.8. The van der Waals surface area contributed by atoms with Crippen LogP contribution in [-0.4, -0.2) is 47.1 Å². The van der Waals surface area contributed by atoms with Gasteiger partial charge in [-0.1, -0.05) is 11.8 Å². The van der Waals surface area contributed by atoms with Crippen LogP contribution in [0.5, 0.6) is 0 Å². The van der Waals surface area contributed by atoms with Crippen molar-refractivity contribution in [2.45, 2.75) is 30.6 Å². The van der Waals surface area contributed by atoms with E-state index in [0.717, 1.165) is 13.0 Å². The number of fused-ring (bicyclic) bond motifs is 2. The second kappa shape index (κ2) is 8.58. The van der Waals surface area contributed by atoms with E-state index in [1.807, 2.05) is 10.8 Å². The third-order valence-electron chi connectivity index (χ3n) is 5.34. The van der Waals surface area contributed by atoms with Crippen molar-refractivity contribution >= 4 is 28.7 Å². The Morgan fingerprint density at radius 1 is 1.28 bits per heavy atom. The van der Waals surface area contributed by atoms with Crippen molar-refractivity contribution in [1.82, 2.24) is 34.2 Å². The number of hydrogen-bond acceptors (Lipinski definition) is 6. The van der Waals surface area contributed by atoms with E-state index >= 15 is 0 Å². The van der Waals surface area contributed by atoms with Crippen LogP contribution in [0.3, 0.4) is 0 Å². The molecule has 4 aromatic rings. The number of rotatable bonds is 7. The number of aryl methyl sites for hydroxylation is 1. The number of halogens is 1. The Bertz CT molecular complexity index is 1310. The molecule has 1 aliphatic heterocycles. The Morgan fingerprint density at radius 2 is 2.12 bits per heavy atom. The molecule has 4 heterocycles. The van der Waals surface area contributed by atoms with Crippen molar-refractivity contribution in [3.8, 4) is 5.69 Å². The summed E-state index contributed by atoms with van der Waals surface area (Å²) in [6, 6.07) is 5.58. The van der Waals surface area contributed by atoms with Gasteiger partial charge in [0.25, 0.3) is 5.56 Å². The molecule has 0 bridgehead atoms. The SMILES string of the molecule is O=C(CC1CSc2nc3c(cnn3-c3ccc(F)cc3)c(=O)n21)NCCCn1ccnc1. The molecule has 0 radical (unpaired) electrons. The van der Waals surface area contributed by atoms with E-state index in [0.29, 0.717) is 34.2 Å². The second-order valence-electron chi connectivity index (χ2n) is 7.51. The van der Waals surface area contributed by atoms with Crippen LogP contribution in [0.4, 0.5) is 4.39 Å². The molecular weight excluding hydrogens is 433 g/mol. The minimum Gasteiger partial charge on any atom is -0.356 e. The Kier molecular flexibility index (Phi) is 5.48. The fourth-order valence-corrected chi connectivity index (χ4v) is 4.88. The lowest BCUT2D eigenvalue weighted by molar-refractivity contribution is -0.121. The second-order valence-corrected chi connectivity index (χ2v) is 8.50. The number of imidazole rings is 1. The van der Waals surface area contributed by atoms with Gasteiger partial charge >= 0.3 is 0 Å². The summed E-state index contributed by atoms with van der Waals surface area (Å²) in [4.78, 5) is 34.2. The van der Waals surface area contributed by atoms with Crippen molar-refractivity contribution in [1.29, 1.82) is 0 Å². The smallest absolute Gasteiger partial charge is 0.265 e. The van der Waals surface area contributed by atoms with E-state index in [1.54, 1.807) is 29.2 Å². The van der Waals surface area contributed by atoms with E-state index in [1.165, 1.54) is 34.8 Å². The van der Waals surface area contributed by atoms with E-state index in [4.69, 9.17) is 0 Å². The average molecular weight is 454 g/mol. The topological polar surface area (TPSA) is 99.6 Å². The largest absolute Gasteiger partial charge is 0.356 e. The molecule has 1 N–H and O–H groups in total. The van der Waals surface area contributed by atoms with Crippen LogP contribution in [0.1, 0.15) is 18.9 Å². The first kappa shape index (κ1) is 20.4. The molecule has 0 saturated carbocycles. The number of carbonyl (C=O) groups excluding carboxylic acids is 1. The van der Waals surface area contributed by atoms with Crippen LogP contribution in [0, 0.1) is 5.82 Å². The lowest BCUT2D eigenvalue weighted by Gasteiger charge is -2.13. The monoisotopic (exact) mass is 453 g/mol. The van der Waals surface area contributed by atoms with E-state index in [9.17, 15) is 14.0 Å². The first-order chi connectivity index (χ1) is 15.6. The van der Waals surface area contributed by atoms with Crippen LogP contribution in [-0.2, 0) is 11.3 Å². The Labute approximate surface area is 186 Å². The van der Waals surface area contributed by atoms with Gasteiger partial charge in [0.05, 0.1) is 24.3 Å². The lowest BCUT2D eigenvalue weighted by atomic mass is 10.2. The van der Waals surface area contributed by atoms with Crippen LogP contribution >= 0.6 is 11.8 Å². The molecule has 5 rings (SSSR count). The van der Waals surface area contributed by atoms with Gasteiger partial charge < -0.3 is 9.88 Å². The van der Waals surface area contributed by atoms with Gasteiger partial charge in [0.2, 0.25) is 5.91 Å². The standard InChI is InChI=1S/C21H20FN7O2S/c22-14-2-4-15(5-3-14)29-19-17(11-25-29)20(31)28-16(12-32-21(28)26-19)10-18(30)24-6-1-8-27-9-7-23-13-27/h2-5,7,9,11,13,16H,1,6,8,10,12H2,(H,24,30). The summed E-state index contributed by atoms with van der Waals surface area (Å²) in [6.45, 7) is 1.34. The average Bonchev–Trinajstić information content (AvgIpc) is 3.53. The maximum atomic E-state index is 13.3. The highest BCUT2D eigenvalue weighted by Crippen LogP contribution is 2.33. The highest BCUT2D eigenvalue weighted by molar-refractivity contribution is 7.99. The highest BCUT2D eigenvalue weighted by atomic mass is 32.2. The van der Waals surface area contributed by atoms with E-state index in [-0.39, 0.29) is 29.7 Å². The van der Waals surface area contributed by atoms with Crippen molar-refractivity contribution in [2.75, 3.05) is 12.3 Å². The third-order valence-corrected chi connectivity index (χ3v) is 6.43. The molecule has 0 spiro atoms. The number of benzene rings is 1. The molecule has 0 aliphatic carbocycles. The molecule has 1 unspecified atom stereocenters. The normalized spacial score (nSPS) is 15.2. The molecule has 1 atom stereocenters. The fraction of sp³-hybridized carbons (Fsp3) is 0.286. The highest BCUT2D eigenvalue weighted by Gasteiger charge is 2.29. The minimum absolute atomic E-state index is 0.0944. The zero-order chi connectivity index (χ0) is 22.1. The van der Waals surface area contributed by atoms with Gasteiger partial charge in [0.1, 0.15) is 11.2 Å². The van der Waals surface area contributed by atoms with Crippen molar-refractivity contribution in [3.05, 3.63) is 65.4 Å². The zero-order valence-electron chi connectivity index (χ0n) is 17.0. The summed E-state index contributed by atoms with van der Waals surface area (Å²) < 4.78 is 18.3. The summed E-state index contributed by atoms with van der Waals surface area (Å²) in [7, 11) is 0. The predicted molar refractivity (Wildman–Crippen MR) is 117 cm³/mol. The first-order valence-electron chi connectivity index (χ1n) is 10.2. The number of carbonyl (C=O) groups is 1.